The first kappa shape index (κ1) is 25.6. The number of phenols is 2. The summed E-state index contributed by atoms with van der Waals surface area (Å²) >= 11 is 6.38. The number of nitrogens with zero attached hydrogens (tertiary/aromatic N) is 1. The lowest BCUT2D eigenvalue weighted by atomic mass is 10.1. The van der Waals surface area contributed by atoms with Crippen molar-refractivity contribution < 1.29 is 19.7 Å². The number of phenolic OH excluding ortho intramolecular Hbond substituents is 2. The summed E-state index contributed by atoms with van der Waals surface area (Å²) in [5, 5.41) is 25.9. The van der Waals surface area contributed by atoms with E-state index in [1.54, 1.807) is 6.07 Å². The molecule has 2 aromatic carbocycles. The number of aromatic hydroxyl groups is 2. The number of amides is 1. The summed E-state index contributed by atoms with van der Waals surface area (Å²) in [4.78, 5) is 16.7. The zero-order chi connectivity index (χ0) is 24.5. The van der Waals surface area contributed by atoms with Crippen LogP contribution in [0, 0.1) is 5.92 Å². The number of benzene rings is 2. The molecule has 1 aliphatic rings. The highest BCUT2D eigenvalue weighted by atomic mass is 79.9. The molecule has 0 heterocycles. The number of allylic oxidation sites excluding steroid dienone is 3. The maximum Gasteiger partial charge on any atom is 0.286 e. The summed E-state index contributed by atoms with van der Waals surface area (Å²) in [5.74, 6) is 1.05. The summed E-state index contributed by atoms with van der Waals surface area (Å²) in [6, 6.07) is 11.1. The normalized spacial score (nSPS) is 18.3. The van der Waals surface area contributed by atoms with Gasteiger partial charge in [0.1, 0.15) is 27.5 Å². The van der Waals surface area contributed by atoms with Crippen molar-refractivity contribution in [3.8, 4) is 17.2 Å². The molecule has 2 aromatic rings. The first-order valence-electron chi connectivity index (χ1n) is 10.5. The number of para-hydroxylation sites is 1. The lowest BCUT2D eigenvalue weighted by Crippen LogP contribution is -2.41. The van der Waals surface area contributed by atoms with Gasteiger partial charge in [-0.3, -0.25) is 9.79 Å². The van der Waals surface area contributed by atoms with Crippen LogP contribution in [0.2, 0.25) is 0 Å². The van der Waals surface area contributed by atoms with Crippen LogP contribution in [0.4, 0.5) is 0 Å². The number of carbonyl (C=O) groups excluding carboxylic acids is 1. The highest BCUT2D eigenvalue weighted by Crippen LogP contribution is 2.41. The minimum atomic E-state index is -0.362. The van der Waals surface area contributed by atoms with Crippen molar-refractivity contribution in [2.24, 2.45) is 10.9 Å². The van der Waals surface area contributed by atoms with Gasteiger partial charge in [0.15, 0.2) is 5.84 Å². The van der Waals surface area contributed by atoms with Gasteiger partial charge in [0.2, 0.25) is 0 Å². The Balaban J connectivity index is 1.56. The average molecular weight is 591 g/mol. The van der Waals surface area contributed by atoms with Crippen molar-refractivity contribution in [1.29, 1.82) is 0 Å². The number of halogens is 2. The highest BCUT2D eigenvalue weighted by molar-refractivity contribution is 9.11. The van der Waals surface area contributed by atoms with E-state index in [4.69, 9.17) is 4.74 Å². The van der Waals surface area contributed by atoms with Gasteiger partial charge in [-0.1, -0.05) is 36.4 Å². The van der Waals surface area contributed by atoms with E-state index in [1.807, 2.05) is 60.7 Å². The van der Waals surface area contributed by atoms with Gasteiger partial charge in [0, 0.05) is 31.6 Å². The van der Waals surface area contributed by atoms with Gasteiger partial charge in [-0.2, -0.15) is 0 Å². The molecule has 0 aliphatic heterocycles. The molecule has 9 heteroatoms. The van der Waals surface area contributed by atoms with Crippen LogP contribution in [0.5, 0.6) is 17.2 Å². The Labute approximate surface area is 215 Å². The van der Waals surface area contributed by atoms with Gasteiger partial charge in [-0.25, -0.2) is 0 Å². The van der Waals surface area contributed by atoms with Gasteiger partial charge >= 0.3 is 0 Å². The molecule has 7 nitrogen and oxygen atoms in total. The quantitative estimate of drug-likeness (QED) is 0.216. The molecule has 1 amide bonds. The monoisotopic (exact) mass is 589 g/mol. The molecule has 0 spiro atoms. The van der Waals surface area contributed by atoms with Gasteiger partial charge < -0.3 is 25.6 Å². The number of aliphatic imine (C=N–C) groups is 1. The number of nitrogens with one attached hydrogen (secondary N) is 2. The second kappa shape index (κ2) is 12.4. The maximum atomic E-state index is 12.7. The molecule has 0 aromatic heterocycles. The lowest BCUT2D eigenvalue weighted by Gasteiger charge is -2.15. The SMILES string of the molecule is CN=C(NCc1cc(Br)c(O)c(Br)c1O)C(=O)NCC1C=CC/C=C(Oc2ccccc2)\C=C/1. The summed E-state index contributed by atoms with van der Waals surface area (Å²) in [6.45, 7) is 0.518. The molecule has 1 unspecified atom stereocenters. The molecule has 0 fully saturated rings. The van der Waals surface area contributed by atoms with Crippen molar-refractivity contribution in [3.63, 3.8) is 0 Å². The lowest BCUT2D eigenvalue weighted by molar-refractivity contribution is -0.115. The van der Waals surface area contributed by atoms with Crippen LogP contribution in [0.3, 0.4) is 0 Å². The third-order valence-corrected chi connectivity index (χ3v) is 6.31. The van der Waals surface area contributed by atoms with Crippen LogP contribution in [-0.4, -0.2) is 35.5 Å². The molecule has 0 radical (unpaired) electrons. The third-order valence-electron chi connectivity index (χ3n) is 4.96. The largest absolute Gasteiger partial charge is 0.506 e. The predicted molar refractivity (Wildman–Crippen MR) is 140 cm³/mol. The molecule has 1 atom stereocenters. The van der Waals surface area contributed by atoms with Crippen LogP contribution < -0.4 is 15.4 Å². The molecule has 178 valence electrons. The summed E-state index contributed by atoms with van der Waals surface area (Å²) in [6.07, 6.45) is 10.7. The number of amidine groups is 1. The first-order valence-corrected chi connectivity index (χ1v) is 12.1. The smallest absolute Gasteiger partial charge is 0.286 e. The van der Waals surface area contributed by atoms with E-state index in [2.05, 4.69) is 47.5 Å². The van der Waals surface area contributed by atoms with E-state index >= 15 is 0 Å². The van der Waals surface area contributed by atoms with Gasteiger partial charge in [-0.05, 0) is 68.6 Å². The summed E-state index contributed by atoms with van der Waals surface area (Å²) in [7, 11) is 1.51. The Morgan fingerprint density at radius 2 is 1.91 bits per heavy atom. The number of ether oxygens (including phenoxy) is 1. The Morgan fingerprint density at radius 3 is 2.65 bits per heavy atom. The van der Waals surface area contributed by atoms with Gasteiger partial charge in [-0.15, -0.1) is 0 Å². The standard InChI is InChI=1S/C25H25Br2N3O4/c1-28-24(29-15-17-13-20(26)23(32)21(27)22(17)31)25(33)30-14-16-7-5-6-10-19(12-11-16)34-18-8-3-2-4-9-18/h2-5,7-13,16,31-32H,6,14-15H2,1H3,(H,28,29)(H,30,33)/b7-5?,12-11-,19-10+. The fraction of sp³-hybridized carbons (Fsp3) is 0.200. The minimum Gasteiger partial charge on any atom is -0.506 e. The average Bonchev–Trinajstić information content (AvgIpc) is 2.83. The van der Waals surface area contributed by atoms with E-state index < -0.39 is 0 Å². The fourth-order valence-corrected chi connectivity index (χ4v) is 4.35. The zero-order valence-electron chi connectivity index (χ0n) is 18.5. The number of hydrogen-bond acceptors (Lipinski definition) is 5. The molecule has 34 heavy (non-hydrogen) atoms. The highest BCUT2D eigenvalue weighted by Gasteiger charge is 2.17. The van der Waals surface area contributed by atoms with Gasteiger partial charge in [0.05, 0.1) is 4.47 Å². The van der Waals surface area contributed by atoms with Crippen LogP contribution in [0.1, 0.15) is 12.0 Å². The van der Waals surface area contributed by atoms with Crippen molar-refractivity contribution in [2.75, 3.05) is 13.6 Å². The summed E-state index contributed by atoms with van der Waals surface area (Å²) in [5.41, 5.74) is 0.481. The number of carbonyl (C=O) groups is 1. The predicted octanol–water partition coefficient (Wildman–Crippen LogP) is 4.95. The second-order valence-electron chi connectivity index (χ2n) is 7.37. The minimum absolute atomic E-state index is 0.0156. The maximum absolute atomic E-state index is 12.7. The van der Waals surface area contributed by atoms with Crippen molar-refractivity contribution in [1.82, 2.24) is 10.6 Å². The van der Waals surface area contributed by atoms with Crippen molar-refractivity contribution in [3.05, 3.63) is 87.0 Å². The van der Waals surface area contributed by atoms with Crippen LogP contribution in [0.15, 0.2) is 86.5 Å². The van der Waals surface area contributed by atoms with E-state index in [-0.39, 0.29) is 40.2 Å². The third kappa shape index (κ3) is 6.98. The first-order chi connectivity index (χ1) is 16.4. The molecule has 4 N–H and O–H groups in total. The second-order valence-corrected chi connectivity index (χ2v) is 9.02. The van der Waals surface area contributed by atoms with E-state index in [1.165, 1.54) is 7.05 Å². The van der Waals surface area contributed by atoms with Crippen LogP contribution in [-0.2, 0) is 11.3 Å². The molecule has 0 bridgehead atoms. The Hall–Kier alpha value is -3.04. The van der Waals surface area contributed by atoms with Crippen molar-refractivity contribution >= 4 is 43.6 Å². The molecule has 3 rings (SSSR count). The molecular weight excluding hydrogens is 566 g/mol. The molecule has 0 saturated carbocycles. The van der Waals surface area contributed by atoms with Gasteiger partial charge in [0.25, 0.3) is 5.91 Å². The van der Waals surface area contributed by atoms with Crippen LogP contribution >= 0.6 is 31.9 Å². The van der Waals surface area contributed by atoms with Crippen LogP contribution in [0.25, 0.3) is 0 Å². The number of hydrogen-bond donors (Lipinski definition) is 4. The molecule has 1 aliphatic carbocycles. The fourth-order valence-electron chi connectivity index (χ4n) is 3.14. The van der Waals surface area contributed by atoms with E-state index in [0.29, 0.717) is 16.6 Å². The number of rotatable bonds is 6. The molecular formula is C25H25Br2N3O4. The Morgan fingerprint density at radius 1 is 1.15 bits per heavy atom. The summed E-state index contributed by atoms with van der Waals surface area (Å²) < 4.78 is 6.50. The van der Waals surface area contributed by atoms with E-state index in [9.17, 15) is 15.0 Å². The van der Waals surface area contributed by atoms with E-state index in [0.717, 1.165) is 17.9 Å². The van der Waals surface area contributed by atoms with Crippen molar-refractivity contribution in [2.45, 2.75) is 13.0 Å². The Bertz CT molecular complexity index is 1140. The topological polar surface area (TPSA) is 103 Å². The zero-order valence-corrected chi connectivity index (χ0v) is 21.6. The Kier molecular flexibility index (Phi) is 9.35. The molecule has 0 saturated heterocycles.